The SMILES string of the molecule is O=C(O)c1c(Cl)cc(F)cc1OC(F)F. The average Bonchev–Trinajstić information content (AvgIpc) is 1.99. The Bertz CT molecular complexity index is 395. The van der Waals surface area contributed by atoms with Crippen molar-refractivity contribution >= 4 is 17.6 Å². The minimum absolute atomic E-state index is 0.502. The van der Waals surface area contributed by atoms with Crippen molar-refractivity contribution in [2.45, 2.75) is 6.61 Å². The molecule has 0 aliphatic heterocycles. The van der Waals surface area contributed by atoms with Crippen molar-refractivity contribution in [1.82, 2.24) is 0 Å². The first-order valence-corrected chi connectivity index (χ1v) is 3.96. The van der Waals surface area contributed by atoms with Crippen LogP contribution in [0.15, 0.2) is 12.1 Å². The predicted octanol–water partition coefficient (Wildman–Crippen LogP) is 2.78. The number of benzene rings is 1. The molecule has 3 nitrogen and oxygen atoms in total. The summed E-state index contributed by atoms with van der Waals surface area (Å²) < 4.78 is 40.2. The monoisotopic (exact) mass is 240 g/mol. The average molecular weight is 241 g/mol. The first-order chi connectivity index (χ1) is 6.91. The van der Waals surface area contributed by atoms with E-state index in [1.54, 1.807) is 0 Å². The van der Waals surface area contributed by atoms with Crippen LogP contribution in [0.25, 0.3) is 0 Å². The highest BCUT2D eigenvalue weighted by Crippen LogP contribution is 2.29. The van der Waals surface area contributed by atoms with E-state index in [1.807, 2.05) is 0 Å². The van der Waals surface area contributed by atoms with Crippen LogP contribution in [0.2, 0.25) is 5.02 Å². The molecule has 1 N–H and O–H groups in total. The van der Waals surface area contributed by atoms with E-state index < -0.39 is 34.7 Å². The minimum Gasteiger partial charge on any atom is -0.478 e. The fourth-order valence-electron chi connectivity index (χ4n) is 0.946. The zero-order chi connectivity index (χ0) is 11.6. The topological polar surface area (TPSA) is 46.5 Å². The fourth-order valence-corrected chi connectivity index (χ4v) is 1.22. The molecule has 0 aromatic heterocycles. The molecule has 1 aromatic rings. The highest BCUT2D eigenvalue weighted by atomic mass is 35.5. The van der Waals surface area contributed by atoms with Gasteiger partial charge in [-0.1, -0.05) is 11.6 Å². The summed E-state index contributed by atoms with van der Waals surface area (Å²) in [5.41, 5.74) is -0.696. The Labute approximate surface area is 87.0 Å². The highest BCUT2D eigenvalue weighted by molar-refractivity contribution is 6.33. The smallest absolute Gasteiger partial charge is 0.387 e. The van der Waals surface area contributed by atoms with Crippen LogP contribution in [-0.4, -0.2) is 17.7 Å². The van der Waals surface area contributed by atoms with E-state index in [9.17, 15) is 18.0 Å². The van der Waals surface area contributed by atoms with Crippen molar-refractivity contribution < 1.29 is 27.8 Å². The summed E-state index contributed by atoms with van der Waals surface area (Å²) in [6, 6.07) is 1.23. The molecule has 0 aliphatic rings. The van der Waals surface area contributed by atoms with Gasteiger partial charge in [-0.2, -0.15) is 8.78 Å². The number of aromatic carboxylic acids is 1. The third kappa shape index (κ3) is 2.76. The maximum absolute atomic E-state index is 12.7. The van der Waals surface area contributed by atoms with Crippen molar-refractivity contribution in [3.8, 4) is 5.75 Å². The van der Waals surface area contributed by atoms with Gasteiger partial charge < -0.3 is 9.84 Å². The molecule has 0 saturated heterocycles. The molecule has 1 aromatic carbocycles. The van der Waals surface area contributed by atoms with Crippen LogP contribution >= 0.6 is 11.6 Å². The number of carboxylic acid groups (broad SMARTS) is 1. The first-order valence-electron chi connectivity index (χ1n) is 3.59. The van der Waals surface area contributed by atoms with Gasteiger partial charge in [0.1, 0.15) is 17.1 Å². The summed E-state index contributed by atoms with van der Waals surface area (Å²) in [6.07, 6.45) is 0. The minimum atomic E-state index is -3.25. The lowest BCUT2D eigenvalue weighted by molar-refractivity contribution is -0.0504. The molecular weight excluding hydrogens is 237 g/mol. The molecule has 0 unspecified atom stereocenters. The molecule has 0 aliphatic carbocycles. The quantitative estimate of drug-likeness (QED) is 0.884. The van der Waals surface area contributed by atoms with Crippen molar-refractivity contribution in [3.05, 3.63) is 28.5 Å². The molecule has 0 saturated carbocycles. The third-order valence-electron chi connectivity index (χ3n) is 1.45. The Kier molecular flexibility index (Phi) is 3.41. The zero-order valence-corrected chi connectivity index (χ0v) is 7.76. The van der Waals surface area contributed by atoms with Crippen LogP contribution < -0.4 is 4.74 Å². The van der Waals surface area contributed by atoms with Crippen LogP contribution in [-0.2, 0) is 0 Å². The van der Waals surface area contributed by atoms with Gasteiger partial charge in [0.05, 0.1) is 5.02 Å². The third-order valence-corrected chi connectivity index (χ3v) is 1.75. The van der Waals surface area contributed by atoms with E-state index in [4.69, 9.17) is 16.7 Å². The Morgan fingerprint density at radius 3 is 2.53 bits per heavy atom. The highest BCUT2D eigenvalue weighted by Gasteiger charge is 2.20. The second-order valence-corrected chi connectivity index (χ2v) is 2.85. The Balaban J connectivity index is 3.27. The second kappa shape index (κ2) is 4.39. The fraction of sp³-hybridized carbons (Fsp3) is 0.125. The lowest BCUT2D eigenvalue weighted by Gasteiger charge is -2.09. The molecule has 15 heavy (non-hydrogen) atoms. The van der Waals surface area contributed by atoms with Crippen molar-refractivity contribution in [2.75, 3.05) is 0 Å². The van der Waals surface area contributed by atoms with Gasteiger partial charge in [0.15, 0.2) is 0 Å². The summed E-state index contributed by atoms with van der Waals surface area (Å²) in [5, 5.41) is 8.12. The van der Waals surface area contributed by atoms with E-state index in [1.165, 1.54) is 0 Å². The molecular formula is C8H4ClF3O3. The number of rotatable bonds is 3. The Morgan fingerprint density at radius 2 is 2.07 bits per heavy atom. The van der Waals surface area contributed by atoms with E-state index in [2.05, 4.69) is 4.74 Å². The number of carbonyl (C=O) groups is 1. The van der Waals surface area contributed by atoms with Gasteiger partial charge in [0.2, 0.25) is 0 Å². The summed E-state index contributed by atoms with van der Waals surface area (Å²) in [4.78, 5) is 10.6. The maximum Gasteiger partial charge on any atom is 0.387 e. The largest absolute Gasteiger partial charge is 0.478 e. The second-order valence-electron chi connectivity index (χ2n) is 2.44. The predicted molar refractivity (Wildman–Crippen MR) is 45.0 cm³/mol. The Morgan fingerprint density at radius 1 is 1.47 bits per heavy atom. The van der Waals surface area contributed by atoms with E-state index in [-0.39, 0.29) is 0 Å². The summed E-state index contributed by atoms with van der Waals surface area (Å²) >= 11 is 5.37. The summed E-state index contributed by atoms with van der Waals surface area (Å²) in [6.45, 7) is -3.25. The van der Waals surface area contributed by atoms with Gasteiger partial charge in [0, 0.05) is 6.07 Å². The maximum atomic E-state index is 12.7. The number of hydrogen-bond acceptors (Lipinski definition) is 2. The normalized spacial score (nSPS) is 10.5. The molecule has 0 spiro atoms. The molecule has 1 rings (SSSR count). The van der Waals surface area contributed by atoms with Crippen LogP contribution in [0.4, 0.5) is 13.2 Å². The van der Waals surface area contributed by atoms with Crippen LogP contribution in [0.5, 0.6) is 5.75 Å². The number of alkyl halides is 2. The van der Waals surface area contributed by atoms with Gasteiger partial charge in [-0.05, 0) is 6.07 Å². The molecule has 0 atom stereocenters. The van der Waals surface area contributed by atoms with Crippen molar-refractivity contribution in [1.29, 1.82) is 0 Å². The standard InChI is InChI=1S/C8H4ClF3O3/c9-4-1-3(10)2-5(15-8(11)12)6(4)7(13)14/h1-2,8H,(H,13,14). The van der Waals surface area contributed by atoms with Gasteiger partial charge in [-0.3, -0.25) is 0 Å². The first kappa shape index (κ1) is 11.6. The van der Waals surface area contributed by atoms with E-state index in [0.717, 1.165) is 0 Å². The lowest BCUT2D eigenvalue weighted by atomic mass is 10.2. The van der Waals surface area contributed by atoms with Gasteiger partial charge in [0.25, 0.3) is 0 Å². The number of carboxylic acids is 1. The molecule has 82 valence electrons. The molecule has 0 fully saturated rings. The lowest BCUT2D eigenvalue weighted by Crippen LogP contribution is -2.08. The molecule has 0 amide bonds. The molecule has 7 heteroatoms. The molecule has 0 radical (unpaired) electrons. The van der Waals surface area contributed by atoms with E-state index in [0.29, 0.717) is 12.1 Å². The summed E-state index contributed by atoms with van der Waals surface area (Å²) in [7, 11) is 0. The molecule has 0 heterocycles. The number of hydrogen-bond donors (Lipinski definition) is 1. The van der Waals surface area contributed by atoms with E-state index >= 15 is 0 Å². The van der Waals surface area contributed by atoms with Crippen LogP contribution in [0.1, 0.15) is 10.4 Å². The van der Waals surface area contributed by atoms with Crippen molar-refractivity contribution in [3.63, 3.8) is 0 Å². The summed E-state index contributed by atoms with van der Waals surface area (Å²) in [5.74, 6) is -3.33. The van der Waals surface area contributed by atoms with Crippen molar-refractivity contribution in [2.24, 2.45) is 0 Å². The van der Waals surface area contributed by atoms with Gasteiger partial charge >= 0.3 is 12.6 Å². The van der Waals surface area contributed by atoms with Crippen LogP contribution in [0, 0.1) is 5.82 Å². The molecule has 0 bridgehead atoms. The number of ether oxygens (including phenoxy) is 1. The van der Waals surface area contributed by atoms with Gasteiger partial charge in [-0.15, -0.1) is 0 Å². The zero-order valence-electron chi connectivity index (χ0n) is 7.01. The Hall–Kier alpha value is -1.43. The van der Waals surface area contributed by atoms with Crippen LogP contribution in [0.3, 0.4) is 0 Å². The van der Waals surface area contributed by atoms with Gasteiger partial charge in [-0.25, -0.2) is 9.18 Å². The number of halogens is 4.